The highest BCUT2D eigenvalue weighted by Crippen LogP contribution is 2.23. The number of ether oxygens (including phenoxy) is 1. The van der Waals surface area contributed by atoms with Crippen molar-refractivity contribution in [3.8, 4) is 0 Å². The van der Waals surface area contributed by atoms with Gasteiger partial charge in [0.25, 0.3) is 5.69 Å². The van der Waals surface area contributed by atoms with E-state index < -0.39 is 10.9 Å². The summed E-state index contributed by atoms with van der Waals surface area (Å²) in [5.41, 5.74) is -0.425. The standard InChI is InChI=1S/C11H12ClNO4/c1-3-7(2)17-11(14)9-6-8(12)4-5-10(9)13(15)16/h4-7H,3H2,1-2H3. The van der Waals surface area contributed by atoms with Crippen LogP contribution in [0.15, 0.2) is 18.2 Å². The van der Waals surface area contributed by atoms with Crippen molar-refractivity contribution in [1.29, 1.82) is 0 Å². The van der Waals surface area contributed by atoms with Gasteiger partial charge in [-0.25, -0.2) is 4.79 Å². The Morgan fingerprint density at radius 3 is 2.76 bits per heavy atom. The molecule has 0 aliphatic heterocycles. The van der Waals surface area contributed by atoms with E-state index in [1.165, 1.54) is 18.2 Å². The van der Waals surface area contributed by atoms with Crippen molar-refractivity contribution in [2.75, 3.05) is 0 Å². The zero-order valence-corrected chi connectivity index (χ0v) is 10.2. The predicted octanol–water partition coefficient (Wildman–Crippen LogP) is 3.20. The lowest BCUT2D eigenvalue weighted by Crippen LogP contribution is -2.15. The highest BCUT2D eigenvalue weighted by atomic mass is 35.5. The zero-order valence-electron chi connectivity index (χ0n) is 9.47. The lowest BCUT2D eigenvalue weighted by molar-refractivity contribution is -0.385. The van der Waals surface area contributed by atoms with Crippen LogP contribution in [0.2, 0.25) is 5.02 Å². The third-order valence-corrected chi connectivity index (χ3v) is 2.49. The first-order valence-corrected chi connectivity index (χ1v) is 5.48. The normalized spacial score (nSPS) is 11.9. The van der Waals surface area contributed by atoms with Gasteiger partial charge in [0.1, 0.15) is 5.56 Å². The summed E-state index contributed by atoms with van der Waals surface area (Å²) in [6.45, 7) is 3.57. The largest absolute Gasteiger partial charge is 0.459 e. The molecule has 1 atom stereocenters. The summed E-state index contributed by atoms with van der Waals surface area (Å²) in [4.78, 5) is 21.8. The summed E-state index contributed by atoms with van der Waals surface area (Å²) in [5.74, 6) is -0.728. The van der Waals surface area contributed by atoms with E-state index in [2.05, 4.69) is 0 Å². The van der Waals surface area contributed by atoms with Gasteiger partial charge in [-0.3, -0.25) is 10.1 Å². The molecule has 0 aliphatic rings. The third-order valence-electron chi connectivity index (χ3n) is 2.26. The topological polar surface area (TPSA) is 69.4 Å². The Bertz CT molecular complexity index is 447. The molecule has 17 heavy (non-hydrogen) atoms. The Hall–Kier alpha value is -1.62. The molecular formula is C11H12ClNO4. The minimum atomic E-state index is -0.728. The van der Waals surface area contributed by atoms with E-state index in [4.69, 9.17) is 16.3 Å². The van der Waals surface area contributed by atoms with Crippen LogP contribution < -0.4 is 0 Å². The average Bonchev–Trinajstić information content (AvgIpc) is 2.28. The quantitative estimate of drug-likeness (QED) is 0.472. The molecule has 92 valence electrons. The number of benzene rings is 1. The van der Waals surface area contributed by atoms with Crippen LogP contribution in [0.1, 0.15) is 30.6 Å². The molecule has 1 unspecified atom stereocenters. The maximum absolute atomic E-state index is 11.7. The first-order valence-electron chi connectivity index (χ1n) is 5.10. The van der Waals surface area contributed by atoms with Gasteiger partial charge in [-0.1, -0.05) is 18.5 Å². The van der Waals surface area contributed by atoms with Crippen molar-refractivity contribution in [2.45, 2.75) is 26.4 Å². The number of nitro benzene ring substituents is 1. The summed E-state index contributed by atoms with van der Waals surface area (Å²) in [5, 5.41) is 11.0. The summed E-state index contributed by atoms with van der Waals surface area (Å²) >= 11 is 5.71. The molecule has 0 fully saturated rings. The number of hydrogen-bond donors (Lipinski definition) is 0. The SMILES string of the molecule is CCC(C)OC(=O)c1cc(Cl)ccc1[N+](=O)[O-]. The second-order valence-electron chi connectivity index (χ2n) is 3.54. The van der Waals surface area contributed by atoms with Crippen molar-refractivity contribution >= 4 is 23.3 Å². The van der Waals surface area contributed by atoms with E-state index in [1.54, 1.807) is 6.92 Å². The Morgan fingerprint density at radius 1 is 1.59 bits per heavy atom. The lowest BCUT2D eigenvalue weighted by Gasteiger charge is -2.10. The molecule has 0 aliphatic carbocycles. The number of nitro groups is 1. The van der Waals surface area contributed by atoms with Crippen molar-refractivity contribution in [1.82, 2.24) is 0 Å². The zero-order chi connectivity index (χ0) is 13.0. The van der Waals surface area contributed by atoms with E-state index in [1.807, 2.05) is 6.92 Å². The molecule has 6 heteroatoms. The lowest BCUT2D eigenvalue weighted by atomic mass is 10.2. The first kappa shape index (κ1) is 13.4. The Balaban J connectivity index is 3.06. The van der Waals surface area contributed by atoms with Crippen LogP contribution in [-0.4, -0.2) is 17.0 Å². The van der Waals surface area contributed by atoms with Crippen LogP contribution in [0, 0.1) is 10.1 Å². The maximum atomic E-state index is 11.7. The fourth-order valence-corrected chi connectivity index (χ4v) is 1.33. The van der Waals surface area contributed by atoms with Gasteiger partial charge >= 0.3 is 5.97 Å². The van der Waals surface area contributed by atoms with Gasteiger partial charge in [-0.15, -0.1) is 0 Å². The summed E-state index contributed by atoms with van der Waals surface area (Å²) < 4.78 is 5.03. The monoisotopic (exact) mass is 257 g/mol. The van der Waals surface area contributed by atoms with Crippen LogP contribution in [0.25, 0.3) is 0 Å². The molecule has 0 aromatic heterocycles. The number of carbonyl (C=O) groups is 1. The second kappa shape index (κ2) is 5.63. The fraction of sp³-hybridized carbons (Fsp3) is 0.364. The van der Waals surface area contributed by atoms with Gasteiger partial charge in [-0.05, 0) is 25.5 Å². The van der Waals surface area contributed by atoms with E-state index >= 15 is 0 Å². The fourth-order valence-electron chi connectivity index (χ4n) is 1.16. The molecule has 1 aromatic rings. The number of esters is 1. The van der Waals surface area contributed by atoms with Crippen LogP contribution in [0.3, 0.4) is 0 Å². The number of hydrogen-bond acceptors (Lipinski definition) is 4. The summed E-state index contributed by atoms with van der Waals surface area (Å²) in [7, 11) is 0. The minimum absolute atomic E-state index is 0.122. The number of rotatable bonds is 4. The predicted molar refractivity (Wildman–Crippen MR) is 63.3 cm³/mol. The highest BCUT2D eigenvalue weighted by Gasteiger charge is 2.22. The van der Waals surface area contributed by atoms with Crippen molar-refractivity contribution in [2.24, 2.45) is 0 Å². The molecule has 1 aromatic carbocycles. The molecule has 0 amide bonds. The van der Waals surface area contributed by atoms with Gasteiger partial charge in [0.15, 0.2) is 0 Å². The molecule has 1 rings (SSSR count). The maximum Gasteiger partial charge on any atom is 0.345 e. The van der Waals surface area contributed by atoms with E-state index in [9.17, 15) is 14.9 Å². The number of carbonyl (C=O) groups excluding carboxylic acids is 1. The summed E-state index contributed by atoms with van der Waals surface area (Å²) in [6, 6.07) is 3.79. The summed E-state index contributed by atoms with van der Waals surface area (Å²) in [6.07, 6.45) is 0.348. The van der Waals surface area contributed by atoms with E-state index in [0.29, 0.717) is 6.42 Å². The van der Waals surface area contributed by atoms with Crippen LogP contribution >= 0.6 is 11.6 Å². The third kappa shape index (κ3) is 3.42. The van der Waals surface area contributed by atoms with Gasteiger partial charge < -0.3 is 4.74 Å². The van der Waals surface area contributed by atoms with Gasteiger partial charge in [0, 0.05) is 11.1 Å². The Kier molecular flexibility index (Phi) is 4.45. The van der Waals surface area contributed by atoms with Crippen molar-refractivity contribution in [3.63, 3.8) is 0 Å². The molecule has 0 radical (unpaired) electrons. The van der Waals surface area contributed by atoms with Crippen LogP contribution in [0.5, 0.6) is 0 Å². The first-order chi connectivity index (χ1) is 7.95. The molecule has 0 N–H and O–H groups in total. The number of halogens is 1. The number of nitrogens with zero attached hydrogens (tertiary/aromatic N) is 1. The van der Waals surface area contributed by atoms with Gasteiger partial charge in [0.05, 0.1) is 11.0 Å². The van der Waals surface area contributed by atoms with Crippen molar-refractivity contribution < 1.29 is 14.5 Å². The van der Waals surface area contributed by atoms with Gasteiger partial charge in [0.2, 0.25) is 0 Å². The molecule has 0 bridgehead atoms. The molecular weight excluding hydrogens is 246 g/mol. The van der Waals surface area contributed by atoms with E-state index in [0.717, 1.165) is 0 Å². The highest BCUT2D eigenvalue weighted by molar-refractivity contribution is 6.31. The van der Waals surface area contributed by atoms with E-state index in [-0.39, 0.29) is 22.4 Å². The smallest absolute Gasteiger partial charge is 0.345 e. The van der Waals surface area contributed by atoms with Crippen LogP contribution in [0.4, 0.5) is 5.69 Å². The van der Waals surface area contributed by atoms with Gasteiger partial charge in [-0.2, -0.15) is 0 Å². The Labute approximate surface area is 103 Å². The Morgan fingerprint density at radius 2 is 2.24 bits per heavy atom. The molecule has 0 spiro atoms. The molecule has 0 saturated carbocycles. The van der Waals surface area contributed by atoms with Crippen molar-refractivity contribution in [3.05, 3.63) is 38.9 Å². The second-order valence-corrected chi connectivity index (χ2v) is 3.98. The molecule has 5 nitrogen and oxygen atoms in total. The minimum Gasteiger partial charge on any atom is -0.459 e. The van der Waals surface area contributed by atoms with Crippen LogP contribution in [-0.2, 0) is 4.74 Å². The average molecular weight is 258 g/mol. The molecule has 0 saturated heterocycles. The molecule has 0 heterocycles.